The SMILES string of the molecule is O=C1CCC(c2coc3ncc(I)cc23)C(=O)N1. The van der Waals surface area contributed by atoms with Crippen LogP contribution in [0.1, 0.15) is 24.3 Å². The van der Waals surface area contributed by atoms with Gasteiger partial charge in [0, 0.05) is 27.1 Å². The molecule has 1 unspecified atom stereocenters. The number of imide groups is 1. The van der Waals surface area contributed by atoms with E-state index in [1.54, 1.807) is 12.5 Å². The smallest absolute Gasteiger partial charge is 0.234 e. The van der Waals surface area contributed by atoms with Crippen molar-refractivity contribution in [2.24, 2.45) is 0 Å². The molecule has 0 aromatic carbocycles. The van der Waals surface area contributed by atoms with E-state index in [-0.39, 0.29) is 17.7 Å². The molecule has 1 N–H and O–H groups in total. The summed E-state index contributed by atoms with van der Waals surface area (Å²) in [7, 11) is 0. The fourth-order valence-electron chi connectivity index (χ4n) is 2.17. The maximum absolute atomic E-state index is 11.8. The topological polar surface area (TPSA) is 72.2 Å². The van der Waals surface area contributed by atoms with E-state index in [0.717, 1.165) is 14.5 Å². The van der Waals surface area contributed by atoms with Gasteiger partial charge in [0.05, 0.1) is 12.2 Å². The number of rotatable bonds is 1. The zero-order valence-corrected chi connectivity index (χ0v) is 11.4. The number of fused-ring (bicyclic) bond motifs is 1. The Kier molecular flexibility index (Phi) is 2.81. The number of halogens is 1. The summed E-state index contributed by atoms with van der Waals surface area (Å²) in [4.78, 5) is 27.1. The van der Waals surface area contributed by atoms with Gasteiger partial charge >= 0.3 is 0 Å². The van der Waals surface area contributed by atoms with E-state index in [9.17, 15) is 9.59 Å². The van der Waals surface area contributed by atoms with Gasteiger partial charge in [-0.1, -0.05) is 0 Å². The Hall–Kier alpha value is -1.44. The maximum atomic E-state index is 11.8. The van der Waals surface area contributed by atoms with Gasteiger partial charge in [0.2, 0.25) is 17.5 Å². The molecule has 3 heterocycles. The molecule has 1 atom stereocenters. The molecule has 1 saturated heterocycles. The summed E-state index contributed by atoms with van der Waals surface area (Å²) < 4.78 is 6.33. The minimum atomic E-state index is -0.330. The molecule has 2 aromatic heterocycles. The lowest BCUT2D eigenvalue weighted by molar-refractivity contribution is -0.134. The Morgan fingerprint density at radius 1 is 1.44 bits per heavy atom. The molecule has 1 aliphatic heterocycles. The first-order valence-corrected chi connectivity index (χ1v) is 6.59. The first-order valence-electron chi connectivity index (χ1n) is 5.51. The molecule has 2 aromatic rings. The summed E-state index contributed by atoms with van der Waals surface area (Å²) in [5, 5.41) is 3.20. The van der Waals surface area contributed by atoms with Gasteiger partial charge < -0.3 is 4.42 Å². The molecule has 6 heteroatoms. The molecule has 5 nitrogen and oxygen atoms in total. The van der Waals surface area contributed by atoms with Crippen LogP contribution in [0.25, 0.3) is 11.1 Å². The van der Waals surface area contributed by atoms with Crippen LogP contribution in [0.4, 0.5) is 0 Å². The predicted octanol–water partition coefficient (Wildman–Crippen LogP) is 1.95. The minimum absolute atomic E-state index is 0.211. The molecule has 0 bridgehead atoms. The fraction of sp³-hybridized carbons (Fsp3) is 0.250. The average molecular weight is 356 g/mol. The average Bonchev–Trinajstić information content (AvgIpc) is 2.72. The molecule has 3 rings (SSSR count). The van der Waals surface area contributed by atoms with Crippen LogP contribution in [-0.2, 0) is 9.59 Å². The van der Waals surface area contributed by atoms with E-state index in [0.29, 0.717) is 18.6 Å². The number of carbonyl (C=O) groups excluding carboxylic acids is 2. The Morgan fingerprint density at radius 3 is 3.06 bits per heavy atom. The predicted molar refractivity (Wildman–Crippen MR) is 71.9 cm³/mol. The van der Waals surface area contributed by atoms with Crippen molar-refractivity contribution in [2.75, 3.05) is 0 Å². The number of furan rings is 1. The van der Waals surface area contributed by atoms with Gasteiger partial charge in [-0.15, -0.1) is 0 Å². The molecular weight excluding hydrogens is 347 g/mol. The summed E-state index contributed by atoms with van der Waals surface area (Å²) >= 11 is 2.16. The number of hydrogen-bond acceptors (Lipinski definition) is 4. The van der Waals surface area contributed by atoms with Crippen molar-refractivity contribution in [1.29, 1.82) is 0 Å². The third kappa shape index (κ3) is 1.90. The number of nitrogens with one attached hydrogen (secondary N) is 1. The van der Waals surface area contributed by atoms with E-state index in [1.165, 1.54) is 0 Å². The molecule has 92 valence electrons. The van der Waals surface area contributed by atoms with Gasteiger partial charge in [0.15, 0.2) is 0 Å². The van der Waals surface area contributed by atoms with Gasteiger partial charge in [-0.25, -0.2) is 4.98 Å². The van der Waals surface area contributed by atoms with Crippen molar-refractivity contribution in [3.05, 3.63) is 27.7 Å². The van der Waals surface area contributed by atoms with Crippen LogP contribution < -0.4 is 5.32 Å². The summed E-state index contributed by atoms with van der Waals surface area (Å²) in [6.07, 6.45) is 4.15. The molecule has 1 aliphatic rings. The second kappa shape index (κ2) is 4.34. The number of hydrogen-bond donors (Lipinski definition) is 1. The van der Waals surface area contributed by atoms with Crippen molar-refractivity contribution < 1.29 is 14.0 Å². The molecule has 18 heavy (non-hydrogen) atoms. The third-order valence-corrected chi connectivity index (χ3v) is 3.63. The summed E-state index contributed by atoms with van der Waals surface area (Å²) in [6, 6.07) is 1.94. The monoisotopic (exact) mass is 356 g/mol. The summed E-state index contributed by atoms with van der Waals surface area (Å²) in [5.74, 6) is -0.798. The highest BCUT2D eigenvalue weighted by Gasteiger charge is 2.30. The minimum Gasteiger partial charge on any atom is -0.446 e. The van der Waals surface area contributed by atoms with Crippen molar-refractivity contribution >= 4 is 45.5 Å². The third-order valence-electron chi connectivity index (χ3n) is 3.04. The maximum Gasteiger partial charge on any atom is 0.234 e. The molecule has 2 amide bonds. The lowest BCUT2D eigenvalue weighted by Gasteiger charge is -2.19. The molecule has 0 aliphatic carbocycles. The lowest BCUT2D eigenvalue weighted by atomic mass is 9.91. The molecule has 0 radical (unpaired) electrons. The standard InChI is InChI=1S/C12H9IN2O3/c13-6-3-8-9(5-18-12(8)14-4-6)7-1-2-10(16)15-11(7)17/h3-5,7H,1-2H2,(H,15,16,17). The summed E-state index contributed by atoms with van der Waals surface area (Å²) in [6.45, 7) is 0. The van der Waals surface area contributed by atoms with Crippen molar-refractivity contribution in [1.82, 2.24) is 10.3 Å². The number of aromatic nitrogens is 1. The zero-order chi connectivity index (χ0) is 12.7. The van der Waals surface area contributed by atoms with Gasteiger partial charge in [-0.3, -0.25) is 14.9 Å². The second-order valence-corrected chi connectivity index (χ2v) is 5.45. The van der Waals surface area contributed by atoms with Crippen LogP contribution in [0.15, 0.2) is 22.9 Å². The number of piperidine rings is 1. The highest BCUT2D eigenvalue weighted by atomic mass is 127. The Balaban J connectivity index is 2.06. The van der Waals surface area contributed by atoms with Crippen molar-refractivity contribution in [3.8, 4) is 0 Å². The van der Waals surface area contributed by atoms with Gasteiger partial charge in [-0.05, 0) is 35.1 Å². The Morgan fingerprint density at radius 2 is 2.28 bits per heavy atom. The van der Waals surface area contributed by atoms with E-state index < -0.39 is 0 Å². The van der Waals surface area contributed by atoms with Crippen LogP contribution in [0.2, 0.25) is 0 Å². The fourth-order valence-corrected chi connectivity index (χ4v) is 2.62. The van der Waals surface area contributed by atoms with Crippen molar-refractivity contribution in [2.45, 2.75) is 18.8 Å². The van der Waals surface area contributed by atoms with Crippen LogP contribution >= 0.6 is 22.6 Å². The van der Waals surface area contributed by atoms with Gasteiger partial charge in [0.25, 0.3) is 0 Å². The first kappa shape index (κ1) is 11.6. The zero-order valence-electron chi connectivity index (χ0n) is 9.27. The van der Waals surface area contributed by atoms with E-state index >= 15 is 0 Å². The highest BCUT2D eigenvalue weighted by Crippen LogP contribution is 2.32. The highest BCUT2D eigenvalue weighted by molar-refractivity contribution is 14.1. The van der Waals surface area contributed by atoms with Crippen LogP contribution in [0.3, 0.4) is 0 Å². The van der Waals surface area contributed by atoms with E-state index in [1.807, 2.05) is 6.07 Å². The molecule has 1 fully saturated rings. The first-order chi connectivity index (χ1) is 8.65. The number of amides is 2. The Labute approximate surface area is 116 Å². The number of carbonyl (C=O) groups is 2. The van der Waals surface area contributed by atoms with Gasteiger partial charge in [0.1, 0.15) is 0 Å². The van der Waals surface area contributed by atoms with Crippen LogP contribution in [-0.4, -0.2) is 16.8 Å². The molecular formula is C12H9IN2O3. The quantitative estimate of drug-likeness (QED) is 0.626. The van der Waals surface area contributed by atoms with E-state index in [2.05, 4.69) is 32.9 Å². The van der Waals surface area contributed by atoms with Crippen LogP contribution in [0.5, 0.6) is 0 Å². The molecule has 0 saturated carbocycles. The lowest BCUT2D eigenvalue weighted by Crippen LogP contribution is -2.39. The molecule has 0 spiro atoms. The second-order valence-electron chi connectivity index (χ2n) is 4.20. The van der Waals surface area contributed by atoms with Crippen molar-refractivity contribution in [3.63, 3.8) is 0 Å². The largest absolute Gasteiger partial charge is 0.446 e. The normalized spacial score (nSPS) is 20.2. The van der Waals surface area contributed by atoms with Gasteiger partial charge in [-0.2, -0.15) is 0 Å². The number of pyridine rings is 1. The van der Waals surface area contributed by atoms with Crippen LogP contribution in [0, 0.1) is 3.57 Å². The summed E-state index contributed by atoms with van der Waals surface area (Å²) in [5.41, 5.74) is 1.33. The Bertz CT molecular complexity index is 650. The van der Waals surface area contributed by atoms with E-state index in [4.69, 9.17) is 4.42 Å². The number of nitrogens with zero attached hydrogens (tertiary/aromatic N) is 1.